The number of carbonyl (C=O) groups excluding carboxylic acids is 1. The van der Waals surface area contributed by atoms with E-state index < -0.39 is 0 Å². The Morgan fingerprint density at radius 1 is 0.941 bits per heavy atom. The van der Waals surface area contributed by atoms with Crippen LogP contribution in [0.1, 0.15) is 24.8 Å². The maximum absolute atomic E-state index is 14.3. The van der Waals surface area contributed by atoms with E-state index in [2.05, 4.69) is 12.1 Å². The van der Waals surface area contributed by atoms with E-state index in [1.807, 2.05) is 29.2 Å². The van der Waals surface area contributed by atoms with Crippen molar-refractivity contribution in [2.24, 2.45) is 5.92 Å². The Morgan fingerprint density at radius 2 is 1.68 bits per heavy atom. The van der Waals surface area contributed by atoms with Crippen LogP contribution in [0.3, 0.4) is 0 Å². The number of nitrogens with zero attached hydrogens (tertiary/aromatic N) is 1. The molecule has 5 nitrogen and oxygen atoms in total. The Bertz CT molecular complexity index is 1160. The van der Waals surface area contributed by atoms with Crippen LogP contribution < -0.4 is 14.2 Å². The minimum Gasteiger partial charge on any atom is -0.483 e. The molecule has 0 aliphatic carbocycles. The van der Waals surface area contributed by atoms with E-state index in [-0.39, 0.29) is 18.3 Å². The second-order valence-electron chi connectivity index (χ2n) is 8.82. The van der Waals surface area contributed by atoms with Crippen molar-refractivity contribution in [3.8, 4) is 28.4 Å². The highest BCUT2D eigenvalue weighted by molar-refractivity contribution is 5.78. The standard InChI is InChI=1S/C28H28FNO4/c29-24-7-3-1-5-22(24)23-6-2-4-8-25(23)32-18-28(31)30-15-13-20(14-16-30)9-10-21-11-12-26-27(17-21)34-19-33-26/h1-8,11-12,17,20H,9-10,13-16,18-19H2. The van der Waals surface area contributed by atoms with Crippen molar-refractivity contribution in [3.63, 3.8) is 0 Å². The first-order valence-corrected chi connectivity index (χ1v) is 11.8. The quantitative estimate of drug-likeness (QED) is 0.468. The molecular formula is C28H28FNO4. The number of amides is 1. The highest BCUT2D eigenvalue weighted by atomic mass is 19.1. The zero-order chi connectivity index (χ0) is 23.3. The van der Waals surface area contributed by atoms with Gasteiger partial charge in [-0.3, -0.25) is 4.79 Å². The summed E-state index contributed by atoms with van der Waals surface area (Å²) in [4.78, 5) is 14.7. The van der Waals surface area contributed by atoms with Gasteiger partial charge < -0.3 is 19.1 Å². The lowest BCUT2D eigenvalue weighted by Crippen LogP contribution is -2.41. The Labute approximate surface area is 199 Å². The third-order valence-corrected chi connectivity index (χ3v) is 6.65. The number of piperidine rings is 1. The maximum Gasteiger partial charge on any atom is 0.260 e. The predicted octanol–water partition coefficient (Wildman–Crippen LogP) is 5.47. The van der Waals surface area contributed by atoms with Gasteiger partial charge in [0, 0.05) is 24.2 Å². The van der Waals surface area contributed by atoms with Crippen LogP contribution in [0.4, 0.5) is 4.39 Å². The van der Waals surface area contributed by atoms with Gasteiger partial charge in [0.2, 0.25) is 6.79 Å². The molecule has 2 aliphatic heterocycles. The molecule has 1 amide bonds. The van der Waals surface area contributed by atoms with Crippen LogP contribution in [0.5, 0.6) is 17.2 Å². The molecule has 0 aromatic heterocycles. The second-order valence-corrected chi connectivity index (χ2v) is 8.82. The summed E-state index contributed by atoms with van der Waals surface area (Å²) < 4.78 is 31.0. The van der Waals surface area contributed by atoms with E-state index in [4.69, 9.17) is 14.2 Å². The average Bonchev–Trinajstić information content (AvgIpc) is 3.35. The van der Waals surface area contributed by atoms with E-state index in [0.29, 0.717) is 29.6 Å². The Hall–Kier alpha value is -3.54. The van der Waals surface area contributed by atoms with Crippen LogP contribution in [0.25, 0.3) is 11.1 Å². The average molecular weight is 462 g/mol. The fourth-order valence-electron chi connectivity index (χ4n) is 4.66. The van der Waals surface area contributed by atoms with E-state index in [1.54, 1.807) is 24.3 Å². The fraction of sp³-hybridized carbons (Fsp3) is 0.321. The molecule has 2 heterocycles. The number of rotatable bonds is 7. The molecule has 0 radical (unpaired) electrons. The molecule has 34 heavy (non-hydrogen) atoms. The molecule has 1 saturated heterocycles. The SMILES string of the molecule is O=C(COc1ccccc1-c1ccccc1F)N1CCC(CCc2ccc3c(c2)OCO3)CC1. The number of hydrogen-bond donors (Lipinski definition) is 0. The van der Waals surface area contributed by atoms with Gasteiger partial charge in [-0.1, -0.05) is 42.5 Å². The van der Waals surface area contributed by atoms with E-state index in [1.165, 1.54) is 11.6 Å². The van der Waals surface area contributed by atoms with Gasteiger partial charge in [0.1, 0.15) is 11.6 Å². The van der Waals surface area contributed by atoms with Crippen LogP contribution in [-0.2, 0) is 11.2 Å². The van der Waals surface area contributed by atoms with Crippen LogP contribution in [0.2, 0.25) is 0 Å². The van der Waals surface area contributed by atoms with Gasteiger partial charge in [0.25, 0.3) is 5.91 Å². The van der Waals surface area contributed by atoms with Gasteiger partial charge in [0.15, 0.2) is 18.1 Å². The summed E-state index contributed by atoms with van der Waals surface area (Å²) in [6.45, 7) is 1.73. The molecule has 3 aromatic carbocycles. The normalized spacial score (nSPS) is 15.4. The minimum atomic E-state index is -0.312. The number of ether oxygens (including phenoxy) is 3. The van der Waals surface area contributed by atoms with Gasteiger partial charge in [-0.25, -0.2) is 4.39 Å². The van der Waals surface area contributed by atoms with E-state index >= 15 is 0 Å². The number of likely N-dealkylation sites (tertiary alicyclic amines) is 1. The molecule has 0 bridgehead atoms. The van der Waals surface area contributed by atoms with Gasteiger partial charge in [-0.2, -0.15) is 0 Å². The molecule has 5 rings (SSSR count). The number of fused-ring (bicyclic) bond motifs is 1. The van der Waals surface area contributed by atoms with E-state index in [9.17, 15) is 9.18 Å². The molecule has 0 unspecified atom stereocenters. The first-order valence-electron chi connectivity index (χ1n) is 11.8. The third kappa shape index (κ3) is 5.01. The molecule has 6 heteroatoms. The summed E-state index contributed by atoms with van der Waals surface area (Å²) in [7, 11) is 0. The number of halogens is 1. The van der Waals surface area contributed by atoms with Crippen LogP contribution in [-0.4, -0.2) is 37.3 Å². The third-order valence-electron chi connectivity index (χ3n) is 6.65. The predicted molar refractivity (Wildman–Crippen MR) is 128 cm³/mol. The summed E-state index contributed by atoms with van der Waals surface area (Å²) in [5.41, 5.74) is 2.37. The molecule has 2 aliphatic rings. The smallest absolute Gasteiger partial charge is 0.260 e. The molecule has 3 aromatic rings. The van der Waals surface area contributed by atoms with Crippen molar-refractivity contribution in [2.75, 3.05) is 26.5 Å². The summed E-state index contributed by atoms with van der Waals surface area (Å²) in [6.07, 6.45) is 4.06. The summed E-state index contributed by atoms with van der Waals surface area (Å²) in [5.74, 6) is 2.41. The molecular weight excluding hydrogens is 433 g/mol. The molecule has 176 valence electrons. The largest absolute Gasteiger partial charge is 0.483 e. The maximum atomic E-state index is 14.3. The number of benzene rings is 3. The number of para-hydroxylation sites is 1. The molecule has 0 spiro atoms. The Balaban J connectivity index is 1.11. The molecule has 1 fully saturated rings. The van der Waals surface area contributed by atoms with Crippen LogP contribution in [0, 0.1) is 11.7 Å². The summed E-state index contributed by atoms with van der Waals surface area (Å²) in [6, 6.07) is 20.0. The first kappa shape index (κ1) is 22.3. The minimum absolute atomic E-state index is 0.0300. The molecule has 0 saturated carbocycles. The van der Waals surface area contributed by atoms with Crippen molar-refractivity contribution < 1.29 is 23.4 Å². The van der Waals surface area contributed by atoms with Gasteiger partial charge in [0.05, 0.1) is 0 Å². The first-order chi connectivity index (χ1) is 16.7. The van der Waals surface area contributed by atoms with Crippen LogP contribution in [0.15, 0.2) is 66.7 Å². The number of carbonyl (C=O) groups is 1. The fourth-order valence-corrected chi connectivity index (χ4v) is 4.66. The lowest BCUT2D eigenvalue weighted by Gasteiger charge is -2.32. The van der Waals surface area contributed by atoms with Crippen molar-refractivity contribution in [3.05, 3.63) is 78.1 Å². The highest BCUT2D eigenvalue weighted by Gasteiger charge is 2.24. The highest BCUT2D eigenvalue weighted by Crippen LogP contribution is 2.34. The van der Waals surface area contributed by atoms with Gasteiger partial charge in [-0.15, -0.1) is 0 Å². The second kappa shape index (κ2) is 10.2. The van der Waals surface area contributed by atoms with Crippen molar-refractivity contribution in [1.29, 1.82) is 0 Å². The van der Waals surface area contributed by atoms with Gasteiger partial charge in [-0.05, 0) is 61.4 Å². The number of aryl methyl sites for hydroxylation is 1. The van der Waals surface area contributed by atoms with Crippen molar-refractivity contribution in [2.45, 2.75) is 25.7 Å². The van der Waals surface area contributed by atoms with Crippen molar-refractivity contribution >= 4 is 5.91 Å². The Kier molecular flexibility index (Phi) is 6.65. The Morgan fingerprint density at radius 3 is 2.50 bits per heavy atom. The van der Waals surface area contributed by atoms with Crippen LogP contribution >= 0.6 is 0 Å². The number of hydrogen-bond acceptors (Lipinski definition) is 4. The monoisotopic (exact) mass is 461 g/mol. The molecule has 0 atom stereocenters. The van der Waals surface area contributed by atoms with Crippen molar-refractivity contribution in [1.82, 2.24) is 4.90 Å². The zero-order valence-corrected chi connectivity index (χ0v) is 19.0. The zero-order valence-electron chi connectivity index (χ0n) is 19.0. The van der Waals surface area contributed by atoms with E-state index in [0.717, 1.165) is 50.3 Å². The van der Waals surface area contributed by atoms with Gasteiger partial charge >= 0.3 is 0 Å². The lowest BCUT2D eigenvalue weighted by atomic mass is 9.90. The summed E-state index contributed by atoms with van der Waals surface area (Å²) in [5, 5.41) is 0. The topological polar surface area (TPSA) is 48.0 Å². The molecule has 0 N–H and O–H groups in total. The summed E-state index contributed by atoms with van der Waals surface area (Å²) >= 11 is 0. The lowest BCUT2D eigenvalue weighted by molar-refractivity contribution is -0.134.